The molecule has 0 aliphatic carbocycles. The monoisotopic (exact) mass is 315 g/mol. The van der Waals surface area contributed by atoms with Gasteiger partial charge in [-0.3, -0.25) is 14.9 Å². The van der Waals surface area contributed by atoms with Crippen LogP contribution >= 0.6 is 11.6 Å². The molecule has 1 aromatic carbocycles. The van der Waals surface area contributed by atoms with E-state index in [1.54, 1.807) is 6.92 Å². The second-order valence-electron chi connectivity index (χ2n) is 4.17. The fourth-order valence-corrected chi connectivity index (χ4v) is 1.77. The molecule has 0 heterocycles. The Morgan fingerprint density at radius 1 is 1.48 bits per heavy atom. The number of carbonyl (C=O) groups is 2. The van der Waals surface area contributed by atoms with Crippen molar-refractivity contribution in [3.05, 3.63) is 33.3 Å². The lowest BCUT2D eigenvalue weighted by Gasteiger charge is -2.20. The third-order valence-electron chi connectivity index (χ3n) is 2.51. The predicted molar refractivity (Wildman–Crippen MR) is 76.6 cm³/mol. The number of anilines is 1. The first-order valence-corrected chi connectivity index (χ1v) is 6.44. The number of amides is 2. The van der Waals surface area contributed by atoms with Crippen LogP contribution in [0.5, 0.6) is 0 Å². The van der Waals surface area contributed by atoms with Gasteiger partial charge in [-0.1, -0.05) is 18.5 Å². The van der Waals surface area contributed by atoms with Gasteiger partial charge in [-0.05, 0) is 12.5 Å². The predicted octanol–water partition coefficient (Wildman–Crippen LogP) is 2.58. The Morgan fingerprint density at radius 3 is 2.67 bits per heavy atom. The summed E-state index contributed by atoms with van der Waals surface area (Å²) < 4.78 is 0. The van der Waals surface area contributed by atoms with E-state index >= 15 is 0 Å². The molecule has 0 fully saturated rings. The first kappa shape index (κ1) is 16.7. The molecule has 0 atom stereocenters. The summed E-state index contributed by atoms with van der Waals surface area (Å²) in [6.45, 7) is 1.57. The van der Waals surface area contributed by atoms with Crippen molar-refractivity contribution in [2.45, 2.75) is 13.3 Å². The zero-order chi connectivity index (χ0) is 16.0. The molecule has 1 rings (SSSR count). The van der Waals surface area contributed by atoms with E-state index in [4.69, 9.17) is 16.7 Å². The highest BCUT2D eigenvalue weighted by Gasteiger charge is 2.18. The van der Waals surface area contributed by atoms with Gasteiger partial charge in [0.25, 0.3) is 5.69 Å². The van der Waals surface area contributed by atoms with Gasteiger partial charge in [0.2, 0.25) is 0 Å². The Morgan fingerprint density at radius 2 is 2.14 bits per heavy atom. The summed E-state index contributed by atoms with van der Waals surface area (Å²) in [6.07, 6.45) is 0.573. The smallest absolute Gasteiger partial charge is 0.323 e. The van der Waals surface area contributed by atoms with Crippen LogP contribution in [0.1, 0.15) is 13.3 Å². The van der Waals surface area contributed by atoms with Crippen molar-refractivity contribution in [1.82, 2.24) is 4.90 Å². The van der Waals surface area contributed by atoms with Crippen LogP contribution in [0, 0.1) is 10.1 Å². The number of carboxylic acids is 1. The summed E-state index contributed by atoms with van der Waals surface area (Å²) in [4.78, 5) is 33.9. The van der Waals surface area contributed by atoms with Crippen molar-refractivity contribution >= 4 is 35.0 Å². The summed E-state index contributed by atoms with van der Waals surface area (Å²) in [5.74, 6) is -1.15. The normalized spacial score (nSPS) is 10.0. The van der Waals surface area contributed by atoms with Crippen LogP contribution in [0.2, 0.25) is 5.02 Å². The molecule has 2 N–H and O–H groups in total. The van der Waals surface area contributed by atoms with Gasteiger partial charge in [-0.15, -0.1) is 0 Å². The second kappa shape index (κ2) is 7.44. The van der Waals surface area contributed by atoms with Crippen LogP contribution in [0.15, 0.2) is 18.2 Å². The van der Waals surface area contributed by atoms with Crippen molar-refractivity contribution in [3.8, 4) is 0 Å². The van der Waals surface area contributed by atoms with Crippen LogP contribution in [0.3, 0.4) is 0 Å². The van der Waals surface area contributed by atoms with Gasteiger partial charge in [-0.25, -0.2) is 4.79 Å². The van der Waals surface area contributed by atoms with Crippen molar-refractivity contribution in [2.24, 2.45) is 0 Å². The summed E-state index contributed by atoms with van der Waals surface area (Å²) >= 11 is 5.86. The lowest BCUT2D eigenvalue weighted by molar-refractivity contribution is -0.384. The fraction of sp³-hybridized carbons (Fsp3) is 0.333. The van der Waals surface area contributed by atoms with Crippen molar-refractivity contribution < 1.29 is 19.6 Å². The summed E-state index contributed by atoms with van der Waals surface area (Å²) in [6, 6.07) is 2.93. The maximum Gasteiger partial charge on any atom is 0.323 e. The standard InChI is InChI=1S/C12H14ClN3O5/c1-2-5-15(7-11(17)18)12(19)14-10-6-8(16(20)21)3-4-9(10)13/h3-4,6H,2,5,7H2,1H3,(H,14,19)(H,17,18). The molecule has 0 saturated carbocycles. The largest absolute Gasteiger partial charge is 0.480 e. The van der Waals surface area contributed by atoms with Gasteiger partial charge in [0.1, 0.15) is 6.54 Å². The van der Waals surface area contributed by atoms with E-state index in [9.17, 15) is 19.7 Å². The van der Waals surface area contributed by atoms with Gasteiger partial charge in [-0.2, -0.15) is 0 Å². The first-order chi connectivity index (χ1) is 9.85. The molecule has 0 radical (unpaired) electrons. The number of benzene rings is 1. The molecule has 21 heavy (non-hydrogen) atoms. The molecule has 0 aliphatic heterocycles. The van der Waals surface area contributed by atoms with Crippen molar-refractivity contribution in [2.75, 3.05) is 18.4 Å². The first-order valence-electron chi connectivity index (χ1n) is 6.06. The van der Waals surface area contributed by atoms with E-state index in [1.807, 2.05) is 0 Å². The molecule has 0 unspecified atom stereocenters. The quantitative estimate of drug-likeness (QED) is 0.618. The fourth-order valence-electron chi connectivity index (χ4n) is 1.60. The molecule has 1 aromatic rings. The number of non-ortho nitro benzene ring substituents is 1. The highest BCUT2D eigenvalue weighted by Crippen LogP contribution is 2.26. The number of aliphatic carboxylic acids is 1. The molecular weight excluding hydrogens is 302 g/mol. The van der Waals surface area contributed by atoms with Gasteiger partial charge in [0.05, 0.1) is 15.6 Å². The number of carboxylic acid groups (broad SMARTS) is 1. The van der Waals surface area contributed by atoms with Crippen LogP contribution in [-0.2, 0) is 4.79 Å². The Kier molecular flexibility index (Phi) is 5.92. The Balaban J connectivity index is 2.92. The minimum absolute atomic E-state index is 0.0577. The Labute approximate surface area is 125 Å². The number of hydrogen-bond acceptors (Lipinski definition) is 4. The summed E-state index contributed by atoms with van der Waals surface area (Å²) in [5.41, 5.74) is -0.169. The number of rotatable bonds is 6. The highest BCUT2D eigenvalue weighted by atomic mass is 35.5. The maximum atomic E-state index is 12.0. The van der Waals surface area contributed by atoms with Gasteiger partial charge >= 0.3 is 12.0 Å². The molecule has 0 spiro atoms. The molecule has 0 aliphatic rings. The minimum Gasteiger partial charge on any atom is -0.480 e. The maximum absolute atomic E-state index is 12.0. The van der Waals surface area contributed by atoms with E-state index in [2.05, 4.69) is 5.32 Å². The zero-order valence-electron chi connectivity index (χ0n) is 11.2. The van der Waals surface area contributed by atoms with Gasteiger partial charge in [0.15, 0.2) is 0 Å². The number of nitro benzene ring substituents is 1. The van der Waals surface area contributed by atoms with Gasteiger partial charge < -0.3 is 15.3 Å². The van der Waals surface area contributed by atoms with Crippen molar-refractivity contribution in [3.63, 3.8) is 0 Å². The highest BCUT2D eigenvalue weighted by molar-refractivity contribution is 6.33. The van der Waals surface area contributed by atoms with Crippen LogP contribution in [0.25, 0.3) is 0 Å². The SMILES string of the molecule is CCCN(CC(=O)O)C(=O)Nc1cc([N+](=O)[O-])ccc1Cl. The second-order valence-corrected chi connectivity index (χ2v) is 4.57. The average molecular weight is 316 g/mol. The summed E-state index contributed by atoms with van der Waals surface area (Å²) in [5, 5.41) is 22.0. The third kappa shape index (κ3) is 4.92. The van der Waals surface area contributed by atoms with Crippen LogP contribution < -0.4 is 5.32 Å². The Bertz CT molecular complexity index is 564. The lowest BCUT2D eigenvalue weighted by Crippen LogP contribution is -2.39. The molecule has 0 saturated heterocycles. The number of nitro groups is 1. The Hall–Kier alpha value is -2.35. The molecule has 9 heteroatoms. The molecule has 0 aromatic heterocycles. The van der Waals surface area contributed by atoms with E-state index in [1.165, 1.54) is 12.1 Å². The molecule has 0 bridgehead atoms. The zero-order valence-corrected chi connectivity index (χ0v) is 12.0. The molecule has 2 amide bonds. The van der Waals surface area contributed by atoms with E-state index in [0.29, 0.717) is 6.42 Å². The summed E-state index contributed by atoms with van der Waals surface area (Å²) in [7, 11) is 0. The van der Waals surface area contributed by atoms with Crippen LogP contribution in [0.4, 0.5) is 16.2 Å². The molecular formula is C12H14ClN3O5. The number of nitrogens with one attached hydrogen (secondary N) is 1. The van der Waals surface area contributed by atoms with E-state index < -0.39 is 23.5 Å². The lowest BCUT2D eigenvalue weighted by atomic mass is 10.3. The topological polar surface area (TPSA) is 113 Å². The van der Waals surface area contributed by atoms with E-state index in [-0.39, 0.29) is 22.9 Å². The van der Waals surface area contributed by atoms with Crippen molar-refractivity contribution in [1.29, 1.82) is 0 Å². The van der Waals surface area contributed by atoms with Crippen LogP contribution in [-0.4, -0.2) is 40.0 Å². The minimum atomic E-state index is -1.15. The average Bonchev–Trinajstić information content (AvgIpc) is 2.40. The third-order valence-corrected chi connectivity index (χ3v) is 2.84. The number of halogens is 1. The number of nitrogens with zero attached hydrogens (tertiary/aromatic N) is 2. The molecule has 8 nitrogen and oxygen atoms in total. The molecule has 114 valence electrons. The van der Waals surface area contributed by atoms with Gasteiger partial charge in [0, 0.05) is 18.7 Å². The number of urea groups is 1. The number of carbonyl (C=O) groups excluding carboxylic acids is 1. The van der Waals surface area contributed by atoms with E-state index in [0.717, 1.165) is 11.0 Å². The number of hydrogen-bond donors (Lipinski definition) is 2.